The summed E-state index contributed by atoms with van der Waals surface area (Å²) in [6, 6.07) is 3.63. The van der Waals surface area contributed by atoms with Crippen LogP contribution in [0.25, 0.3) is 5.70 Å². The van der Waals surface area contributed by atoms with Crippen molar-refractivity contribution in [1.29, 1.82) is 0 Å². The molecule has 3 rings (SSSR count). The number of halogens is 1. The monoisotopic (exact) mass is 387 g/mol. The molecule has 0 aromatic carbocycles. The zero-order valence-electron chi connectivity index (χ0n) is 15.5. The molecule has 0 saturated heterocycles. The van der Waals surface area contributed by atoms with Crippen LogP contribution in [0, 0.1) is 0 Å². The van der Waals surface area contributed by atoms with Gasteiger partial charge in [0.15, 0.2) is 0 Å². The normalized spacial score (nSPS) is 14.2. The first-order chi connectivity index (χ1) is 12.8. The number of aliphatic imine (C=N–C) groups is 1. The molecule has 3 heterocycles. The highest BCUT2D eigenvalue weighted by Crippen LogP contribution is 2.26. The van der Waals surface area contributed by atoms with Gasteiger partial charge in [-0.3, -0.25) is 14.8 Å². The van der Waals surface area contributed by atoms with E-state index < -0.39 is 5.54 Å². The van der Waals surface area contributed by atoms with Gasteiger partial charge in [-0.1, -0.05) is 11.6 Å². The largest absolute Gasteiger partial charge is 0.352 e. The van der Waals surface area contributed by atoms with Crippen LogP contribution in [0.4, 0.5) is 0 Å². The SMILES string of the molecule is CC(=O)NCc1cnn(C2=CN=CN(NC(C)(C)c3ncccc3Cl)C2)c1. The van der Waals surface area contributed by atoms with E-state index in [-0.39, 0.29) is 5.91 Å². The molecule has 1 aliphatic rings. The zero-order chi connectivity index (χ0) is 19.4. The van der Waals surface area contributed by atoms with Crippen molar-refractivity contribution < 1.29 is 4.79 Å². The Morgan fingerprint density at radius 3 is 2.96 bits per heavy atom. The van der Waals surface area contributed by atoms with Crippen molar-refractivity contribution in [1.82, 2.24) is 30.5 Å². The second-order valence-electron chi connectivity index (χ2n) is 6.79. The number of hydrogen-bond acceptors (Lipinski definition) is 6. The number of pyridine rings is 1. The molecule has 2 aromatic rings. The molecule has 27 heavy (non-hydrogen) atoms. The molecule has 142 valence electrons. The van der Waals surface area contributed by atoms with Crippen molar-refractivity contribution in [3.05, 3.63) is 53.2 Å². The Bertz CT molecular complexity index is 887. The first kappa shape index (κ1) is 19.1. The van der Waals surface area contributed by atoms with Gasteiger partial charge >= 0.3 is 0 Å². The number of nitrogens with one attached hydrogen (secondary N) is 2. The smallest absolute Gasteiger partial charge is 0.217 e. The highest BCUT2D eigenvalue weighted by molar-refractivity contribution is 6.31. The van der Waals surface area contributed by atoms with Crippen LogP contribution in [0.3, 0.4) is 0 Å². The van der Waals surface area contributed by atoms with E-state index in [1.165, 1.54) is 6.92 Å². The minimum atomic E-state index is -0.493. The maximum absolute atomic E-state index is 11.0. The maximum Gasteiger partial charge on any atom is 0.217 e. The lowest BCUT2D eigenvalue weighted by molar-refractivity contribution is -0.119. The summed E-state index contributed by atoms with van der Waals surface area (Å²) in [4.78, 5) is 19.7. The summed E-state index contributed by atoms with van der Waals surface area (Å²) in [5, 5.41) is 9.59. The van der Waals surface area contributed by atoms with Crippen molar-refractivity contribution >= 4 is 29.5 Å². The van der Waals surface area contributed by atoms with Crippen LogP contribution in [-0.4, -0.2) is 38.6 Å². The number of rotatable bonds is 6. The predicted octanol–water partition coefficient (Wildman–Crippen LogP) is 2.15. The Morgan fingerprint density at radius 1 is 1.41 bits per heavy atom. The Labute approximate surface area is 162 Å². The van der Waals surface area contributed by atoms with Gasteiger partial charge in [0.1, 0.15) is 6.34 Å². The molecule has 0 saturated carbocycles. The van der Waals surface area contributed by atoms with E-state index in [1.54, 1.807) is 35.7 Å². The van der Waals surface area contributed by atoms with Crippen LogP contribution in [0.5, 0.6) is 0 Å². The van der Waals surface area contributed by atoms with E-state index in [2.05, 4.69) is 25.8 Å². The number of aromatic nitrogens is 3. The van der Waals surface area contributed by atoms with Crippen molar-refractivity contribution in [2.75, 3.05) is 6.54 Å². The zero-order valence-corrected chi connectivity index (χ0v) is 16.2. The molecule has 2 aromatic heterocycles. The summed E-state index contributed by atoms with van der Waals surface area (Å²) in [5.74, 6) is -0.0741. The Balaban J connectivity index is 1.68. The van der Waals surface area contributed by atoms with Crippen molar-refractivity contribution in [2.45, 2.75) is 32.9 Å². The number of hydrogen-bond donors (Lipinski definition) is 2. The summed E-state index contributed by atoms with van der Waals surface area (Å²) >= 11 is 6.30. The molecular formula is C18H22ClN7O. The van der Waals surface area contributed by atoms with Gasteiger partial charge in [0.25, 0.3) is 0 Å². The molecule has 0 fully saturated rings. The number of carbonyl (C=O) groups excluding carboxylic acids is 1. The van der Waals surface area contributed by atoms with E-state index in [1.807, 2.05) is 31.1 Å². The minimum Gasteiger partial charge on any atom is -0.352 e. The predicted molar refractivity (Wildman–Crippen MR) is 105 cm³/mol. The maximum atomic E-state index is 11.0. The molecule has 0 unspecified atom stereocenters. The number of nitrogens with zero attached hydrogens (tertiary/aromatic N) is 5. The average molecular weight is 388 g/mol. The number of amides is 1. The van der Waals surface area contributed by atoms with E-state index >= 15 is 0 Å². The molecule has 8 nitrogen and oxygen atoms in total. The minimum absolute atomic E-state index is 0.0741. The van der Waals surface area contributed by atoms with E-state index in [0.717, 1.165) is 17.0 Å². The molecular weight excluding hydrogens is 366 g/mol. The van der Waals surface area contributed by atoms with Crippen LogP contribution in [0.2, 0.25) is 5.02 Å². The second-order valence-corrected chi connectivity index (χ2v) is 7.19. The fraction of sp³-hybridized carbons (Fsp3) is 0.333. The number of carbonyl (C=O) groups is 1. The summed E-state index contributed by atoms with van der Waals surface area (Å²) in [5.41, 5.74) is 5.47. The lowest BCUT2D eigenvalue weighted by atomic mass is 10.0. The quantitative estimate of drug-likeness (QED) is 0.793. The van der Waals surface area contributed by atoms with E-state index in [4.69, 9.17) is 11.6 Å². The Morgan fingerprint density at radius 2 is 2.22 bits per heavy atom. The van der Waals surface area contributed by atoms with Crippen molar-refractivity contribution in [2.24, 2.45) is 4.99 Å². The second kappa shape index (κ2) is 7.89. The van der Waals surface area contributed by atoms with E-state index in [9.17, 15) is 4.79 Å². The molecule has 0 radical (unpaired) electrons. The fourth-order valence-electron chi connectivity index (χ4n) is 2.75. The molecule has 2 N–H and O–H groups in total. The van der Waals surface area contributed by atoms with Crippen molar-refractivity contribution in [3.63, 3.8) is 0 Å². The molecule has 1 amide bonds. The van der Waals surface area contributed by atoms with Crippen LogP contribution in [0.1, 0.15) is 32.0 Å². The van der Waals surface area contributed by atoms with Gasteiger partial charge in [-0.05, 0) is 26.0 Å². The van der Waals surface area contributed by atoms with Crippen LogP contribution >= 0.6 is 11.6 Å². The Hall–Kier alpha value is -2.71. The molecule has 9 heteroatoms. The first-order valence-corrected chi connectivity index (χ1v) is 8.89. The lowest BCUT2D eigenvalue weighted by Crippen LogP contribution is -2.50. The number of hydrazine groups is 1. The van der Waals surface area contributed by atoms with Gasteiger partial charge in [0.05, 0.1) is 40.9 Å². The topological polar surface area (TPSA) is 87.4 Å². The van der Waals surface area contributed by atoms with Gasteiger partial charge in [0.2, 0.25) is 5.91 Å². The molecule has 0 spiro atoms. The summed E-state index contributed by atoms with van der Waals surface area (Å²) < 4.78 is 1.75. The molecule has 0 bridgehead atoms. The Kier molecular flexibility index (Phi) is 5.57. The van der Waals surface area contributed by atoms with Gasteiger partial charge in [-0.2, -0.15) is 5.10 Å². The van der Waals surface area contributed by atoms with Crippen molar-refractivity contribution in [3.8, 4) is 0 Å². The van der Waals surface area contributed by atoms with Gasteiger partial charge in [-0.15, -0.1) is 0 Å². The van der Waals surface area contributed by atoms with Crippen LogP contribution in [0.15, 0.2) is 41.9 Å². The third-order valence-electron chi connectivity index (χ3n) is 4.01. The highest BCUT2D eigenvalue weighted by atomic mass is 35.5. The average Bonchev–Trinajstić information content (AvgIpc) is 3.09. The summed E-state index contributed by atoms with van der Waals surface area (Å²) in [7, 11) is 0. The molecule has 1 aliphatic heterocycles. The standard InChI is InChI=1S/C18H22ClN7O/c1-13(27)22-7-14-8-23-26(10-14)15-9-20-12-25(11-15)24-18(2,3)17-16(19)5-4-6-21-17/h4-6,8-10,12,24H,7,11H2,1-3H3,(H,22,27). The van der Waals surface area contributed by atoms with E-state index in [0.29, 0.717) is 18.1 Å². The first-order valence-electron chi connectivity index (χ1n) is 8.51. The fourth-order valence-corrected chi connectivity index (χ4v) is 3.11. The lowest BCUT2D eigenvalue weighted by Gasteiger charge is -2.34. The molecule has 0 atom stereocenters. The van der Waals surface area contributed by atoms with Crippen LogP contribution in [-0.2, 0) is 16.9 Å². The van der Waals surface area contributed by atoms with Gasteiger partial charge in [0, 0.05) is 31.4 Å². The highest BCUT2D eigenvalue weighted by Gasteiger charge is 2.27. The van der Waals surface area contributed by atoms with Crippen LogP contribution < -0.4 is 10.7 Å². The summed E-state index contributed by atoms with van der Waals surface area (Å²) in [6.07, 6.45) is 8.80. The third kappa shape index (κ3) is 4.72. The van der Waals surface area contributed by atoms with Gasteiger partial charge < -0.3 is 5.32 Å². The van der Waals surface area contributed by atoms with Gasteiger partial charge in [-0.25, -0.2) is 15.1 Å². The third-order valence-corrected chi connectivity index (χ3v) is 4.31. The summed E-state index contributed by atoms with van der Waals surface area (Å²) in [6.45, 7) is 6.50. The molecule has 0 aliphatic carbocycles.